The Morgan fingerprint density at radius 3 is 2.20 bits per heavy atom. The number of carbonyl (C=O) groups is 1. The van der Waals surface area contributed by atoms with Crippen LogP contribution in [0.1, 0.15) is 61.3 Å². The number of methoxy groups -OCH3 is 2. The number of ketones is 1. The van der Waals surface area contributed by atoms with Gasteiger partial charge in [-0.25, -0.2) is 0 Å². The molecular weight excluding hydrogens is 436 g/mol. The van der Waals surface area contributed by atoms with Gasteiger partial charge in [-0.05, 0) is 59.2 Å². The minimum atomic E-state index is -0.207. The highest BCUT2D eigenvalue weighted by Crippen LogP contribution is 2.45. The number of rotatable bonds is 5. The predicted octanol–water partition coefficient (Wildman–Crippen LogP) is 6.81. The van der Waals surface area contributed by atoms with Crippen LogP contribution in [0.2, 0.25) is 0 Å². The molecular formula is C30H32N2O3. The quantitative estimate of drug-likeness (QED) is 0.431. The molecule has 0 saturated carbocycles. The molecule has 0 saturated heterocycles. The molecule has 2 aliphatic rings. The number of ether oxygens (including phenoxy) is 2. The third-order valence-corrected chi connectivity index (χ3v) is 7.12. The van der Waals surface area contributed by atoms with Crippen molar-refractivity contribution in [1.29, 1.82) is 0 Å². The number of hydrogen-bond acceptors (Lipinski definition) is 5. The number of allylic oxidation sites excluding steroid dienone is 1. The summed E-state index contributed by atoms with van der Waals surface area (Å²) in [7, 11) is 3.27. The summed E-state index contributed by atoms with van der Waals surface area (Å²) < 4.78 is 10.9. The Balaban J connectivity index is 1.56. The van der Waals surface area contributed by atoms with Gasteiger partial charge in [-0.1, -0.05) is 56.3 Å². The minimum Gasteiger partial charge on any atom is -0.493 e. The van der Waals surface area contributed by atoms with Crippen molar-refractivity contribution in [3.05, 3.63) is 94.7 Å². The summed E-state index contributed by atoms with van der Waals surface area (Å²) in [6.45, 7) is 4.39. The van der Waals surface area contributed by atoms with Crippen molar-refractivity contribution in [1.82, 2.24) is 0 Å². The van der Waals surface area contributed by atoms with E-state index in [0.29, 0.717) is 23.8 Å². The summed E-state index contributed by atoms with van der Waals surface area (Å²) in [4.78, 5) is 13.8. The smallest absolute Gasteiger partial charge is 0.163 e. The van der Waals surface area contributed by atoms with Crippen molar-refractivity contribution in [3.8, 4) is 11.5 Å². The van der Waals surface area contributed by atoms with Crippen LogP contribution in [0, 0.1) is 0 Å². The summed E-state index contributed by atoms with van der Waals surface area (Å²) in [5, 5.41) is 7.28. The van der Waals surface area contributed by atoms with Crippen LogP contribution in [-0.4, -0.2) is 20.0 Å². The molecule has 0 aromatic heterocycles. The van der Waals surface area contributed by atoms with Gasteiger partial charge >= 0.3 is 0 Å². The number of hydrogen-bond donors (Lipinski definition) is 2. The van der Waals surface area contributed by atoms with Gasteiger partial charge in [0.05, 0.1) is 31.6 Å². The highest BCUT2D eigenvalue weighted by Gasteiger charge is 2.36. The van der Waals surface area contributed by atoms with Crippen LogP contribution < -0.4 is 20.1 Å². The topological polar surface area (TPSA) is 59.6 Å². The minimum absolute atomic E-state index is 0.0581. The molecule has 0 radical (unpaired) electrons. The van der Waals surface area contributed by atoms with Gasteiger partial charge < -0.3 is 20.1 Å². The van der Waals surface area contributed by atoms with Crippen molar-refractivity contribution in [2.45, 2.75) is 44.6 Å². The molecule has 1 heterocycles. The van der Waals surface area contributed by atoms with Gasteiger partial charge in [-0.3, -0.25) is 4.79 Å². The summed E-state index contributed by atoms with van der Waals surface area (Å²) in [5.41, 5.74) is 7.26. The van der Waals surface area contributed by atoms with Crippen molar-refractivity contribution < 1.29 is 14.3 Å². The average molecular weight is 469 g/mol. The van der Waals surface area contributed by atoms with Crippen LogP contribution >= 0.6 is 0 Å². The van der Waals surface area contributed by atoms with Gasteiger partial charge in [-0.2, -0.15) is 0 Å². The Morgan fingerprint density at radius 1 is 0.829 bits per heavy atom. The predicted molar refractivity (Wildman–Crippen MR) is 141 cm³/mol. The number of anilines is 2. The van der Waals surface area contributed by atoms with Crippen LogP contribution in [0.4, 0.5) is 11.4 Å². The van der Waals surface area contributed by atoms with E-state index in [-0.39, 0.29) is 17.7 Å². The van der Waals surface area contributed by atoms with E-state index >= 15 is 0 Å². The van der Waals surface area contributed by atoms with Gasteiger partial charge in [0.2, 0.25) is 0 Å². The standard InChI is InChI=1S/C30H32N2O3/c1-18(2)19-9-11-20(12-10-19)30-29-25(31-23-7-5-6-8-24(23)32-30)15-22(16-26(29)33)21-13-14-27(34-3)28(17-21)35-4/h5-14,17-18,22,30-32H,15-16H2,1-4H3. The molecule has 0 fully saturated rings. The molecule has 2 atom stereocenters. The molecule has 180 valence electrons. The summed E-state index contributed by atoms with van der Waals surface area (Å²) >= 11 is 0. The maximum absolute atomic E-state index is 13.8. The highest BCUT2D eigenvalue weighted by molar-refractivity contribution is 6.01. The third-order valence-electron chi connectivity index (χ3n) is 7.12. The monoisotopic (exact) mass is 468 g/mol. The molecule has 0 bridgehead atoms. The normalized spacial score (nSPS) is 19.3. The maximum atomic E-state index is 13.8. The maximum Gasteiger partial charge on any atom is 0.163 e. The van der Waals surface area contributed by atoms with E-state index in [1.807, 2.05) is 30.3 Å². The Hall–Kier alpha value is -3.73. The van der Waals surface area contributed by atoms with E-state index in [2.05, 4.69) is 60.9 Å². The number of Topliss-reactive ketones (excluding diaryl/α,β-unsaturated/α-hetero) is 1. The zero-order valence-corrected chi connectivity index (χ0v) is 20.7. The van der Waals surface area contributed by atoms with Crippen LogP contribution in [0.3, 0.4) is 0 Å². The second-order valence-electron chi connectivity index (χ2n) is 9.60. The van der Waals surface area contributed by atoms with Crippen LogP contribution in [-0.2, 0) is 4.79 Å². The molecule has 3 aromatic rings. The van der Waals surface area contributed by atoms with Crippen molar-refractivity contribution in [2.24, 2.45) is 0 Å². The first-order chi connectivity index (χ1) is 17.0. The summed E-state index contributed by atoms with van der Waals surface area (Å²) in [6, 6.07) is 22.5. The lowest BCUT2D eigenvalue weighted by molar-refractivity contribution is -0.116. The molecule has 0 spiro atoms. The zero-order valence-electron chi connectivity index (χ0n) is 20.7. The number of benzene rings is 3. The Labute approximate surface area is 207 Å². The second-order valence-corrected chi connectivity index (χ2v) is 9.60. The van der Waals surface area contributed by atoms with Gasteiger partial charge in [0.15, 0.2) is 17.3 Å². The van der Waals surface area contributed by atoms with Gasteiger partial charge in [0, 0.05) is 17.7 Å². The first-order valence-electron chi connectivity index (χ1n) is 12.2. The zero-order chi connectivity index (χ0) is 24.5. The SMILES string of the molecule is COc1ccc(C2CC(=O)C3=C(C2)Nc2ccccc2NC3c2ccc(C(C)C)cc2)cc1OC. The molecule has 35 heavy (non-hydrogen) atoms. The fourth-order valence-corrected chi connectivity index (χ4v) is 5.16. The molecule has 5 heteroatoms. The molecule has 5 rings (SSSR count). The van der Waals surface area contributed by atoms with Crippen LogP contribution in [0.5, 0.6) is 11.5 Å². The van der Waals surface area contributed by atoms with E-state index in [0.717, 1.165) is 40.2 Å². The van der Waals surface area contributed by atoms with Gasteiger partial charge in [0.25, 0.3) is 0 Å². The van der Waals surface area contributed by atoms with E-state index in [4.69, 9.17) is 9.47 Å². The highest BCUT2D eigenvalue weighted by atomic mass is 16.5. The molecule has 1 aliphatic carbocycles. The van der Waals surface area contributed by atoms with E-state index in [1.54, 1.807) is 14.2 Å². The van der Waals surface area contributed by atoms with Gasteiger partial charge in [-0.15, -0.1) is 0 Å². The van der Waals surface area contributed by atoms with Crippen LogP contribution in [0.25, 0.3) is 0 Å². The number of para-hydroxylation sites is 2. The molecule has 2 N–H and O–H groups in total. The van der Waals surface area contributed by atoms with E-state index in [9.17, 15) is 4.79 Å². The average Bonchev–Trinajstić information content (AvgIpc) is 3.05. The lowest BCUT2D eigenvalue weighted by atomic mass is 9.78. The Morgan fingerprint density at radius 2 is 1.51 bits per heavy atom. The van der Waals surface area contributed by atoms with Crippen molar-refractivity contribution in [3.63, 3.8) is 0 Å². The number of nitrogens with one attached hydrogen (secondary N) is 2. The lowest BCUT2D eigenvalue weighted by Crippen LogP contribution is -2.26. The van der Waals surface area contributed by atoms with E-state index < -0.39 is 0 Å². The molecule has 0 amide bonds. The first kappa shape index (κ1) is 23.0. The van der Waals surface area contributed by atoms with Crippen LogP contribution in [0.15, 0.2) is 78.0 Å². The summed E-state index contributed by atoms with van der Waals surface area (Å²) in [6.07, 6.45) is 1.20. The summed E-state index contributed by atoms with van der Waals surface area (Å²) in [5.74, 6) is 2.05. The van der Waals surface area contributed by atoms with Gasteiger partial charge in [0.1, 0.15) is 0 Å². The van der Waals surface area contributed by atoms with Crippen molar-refractivity contribution in [2.75, 3.05) is 24.9 Å². The first-order valence-corrected chi connectivity index (χ1v) is 12.2. The second kappa shape index (κ2) is 9.49. The fourth-order valence-electron chi connectivity index (χ4n) is 5.16. The number of carbonyl (C=O) groups excluding carboxylic acids is 1. The van der Waals surface area contributed by atoms with Crippen molar-refractivity contribution >= 4 is 17.2 Å². The third kappa shape index (κ3) is 4.39. The fraction of sp³-hybridized carbons (Fsp3) is 0.300. The van der Waals surface area contributed by atoms with E-state index in [1.165, 1.54) is 5.56 Å². The number of fused-ring (bicyclic) bond motifs is 1. The largest absolute Gasteiger partial charge is 0.493 e. The molecule has 5 nitrogen and oxygen atoms in total. The molecule has 2 unspecified atom stereocenters. The molecule has 1 aliphatic heterocycles. The Bertz CT molecular complexity index is 1280. The lowest BCUT2D eigenvalue weighted by Gasteiger charge is -2.30. The Kier molecular flexibility index (Phi) is 6.25. The molecule has 3 aromatic carbocycles.